The van der Waals surface area contributed by atoms with Crippen LogP contribution in [0.4, 0.5) is 11.4 Å². The average molecular weight is 374 g/mol. The van der Waals surface area contributed by atoms with Gasteiger partial charge in [-0.1, -0.05) is 0 Å². The van der Waals surface area contributed by atoms with E-state index >= 15 is 0 Å². The zero-order valence-electron chi connectivity index (χ0n) is 12.9. The number of anilines is 1. The summed E-state index contributed by atoms with van der Waals surface area (Å²) < 4.78 is 0.753. The number of nitrogens with one attached hydrogen (secondary N) is 1. The first kappa shape index (κ1) is 14.9. The van der Waals surface area contributed by atoms with Gasteiger partial charge in [0, 0.05) is 0 Å². The molecule has 0 atom stereocenters. The quantitative estimate of drug-likeness (QED) is 0.289. The molecule has 2 nitrogen and oxygen atoms in total. The molecule has 4 aromatic rings. The van der Waals surface area contributed by atoms with Crippen molar-refractivity contribution in [1.29, 1.82) is 0 Å². The van der Waals surface area contributed by atoms with Crippen LogP contribution in [0.5, 0.6) is 0 Å². The van der Waals surface area contributed by atoms with Crippen molar-refractivity contribution in [3.63, 3.8) is 0 Å². The summed E-state index contributed by atoms with van der Waals surface area (Å²) in [6.07, 6.45) is 0. The van der Waals surface area contributed by atoms with Crippen molar-refractivity contribution in [3.8, 4) is 0 Å². The van der Waals surface area contributed by atoms with E-state index in [1.807, 2.05) is 24.3 Å². The molecule has 0 aliphatic rings. The Bertz CT molecular complexity index is 1040. The van der Waals surface area contributed by atoms with Crippen molar-refractivity contribution in [2.45, 2.75) is 0 Å². The minimum atomic E-state index is 0.753. The first-order chi connectivity index (χ1) is 11.8. The predicted molar refractivity (Wildman–Crippen MR) is 104 cm³/mol. The summed E-state index contributed by atoms with van der Waals surface area (Å²) in [7, 11) is 0. The SMILES string of the molecule is [Se]C(=Nc1cccc2ccccc12)Nc1cccc2ccccc12. The first-order valence-corrected chi connectivity index (χ1v) is 8.65. The summed E-state index contributed by atoms with van der Waals surface area (Å²) in [6.45, 7) is 0. The molecule has 0 saturated carbocycles. The van der Waals surface area contributed by atoms with Gasteiger partial charge in [0.25, 0.3) is 0 Å². The average Bonchev–Trinajstić information content (AvgIpc) is 2.62. The standard InChI is InChI=1S/C21H15N2Se/c24-21(22-19-13-5-9-15-7-1-3-11-17(15)19)23-20-14-6-10-16-8-2-4-12-18(16)20/h1-14H,(H,22,23). The van der Waals surface area contributed by atoms with Crippen molar-refractivity contribution in [3.05, 3.63) is 84.9 Å². The van der Waals surface area contributed by atoms with Gasteiger partial charge in [0.05, 0.1) is 0 Å². The van der Waals surface area contributed by atoms with E-state index in [1.54, 1.807) is 0 Å². The van der Waals surface area contributed by atoms with E-state index < -0.39 is 0 Å². The van der Waals surface area contributed by atoms with Crippen LogP contribution in [0, 0.1) is 0 Å². The Balaban J connectivity index is 1.72. The summed E-state index contributed by atoms with van der Waals surface area (Å²) in [5, 5.41) is 8.12. The summed E-state index contributed by atoms with van der Waals surface area (Å²) in [5.74, 6) is 0. The van der Waals surface area contributed by atoms with Gasteiger partial charge in [-0.2, -0.15) is 0 Å². The summed E-state index contributed by atoms with van der Waals surface area (Å²) in [6, 6.07) is 29.0. The number of benzene rings is 4. The number of hydrogen-bond acceptors (Lipinski definition) is 1. The zero-order chi connectivity index (χ0) is 16.4. The fraction of sp³-hybridized carbons (Fsp3) is 0. The van der Waals surface area contributed by atoms with E-state index in [4.69, 9.17) is 4.99 Å². The number of aliphatic imine (C=N–C) groups is 1. The van der Waals surface area contributed by atoms with Crippen LogP contribution >= 0.6 is 0 Å². The van der Waals surface area contributed by atoms with Gasteiger partial charge in [0.15, 0.2) is 0 Å². The second-order valence-corrected chi connectivity index (χ2v) is 6.38. The van der Waals surface area contributed by atoms with Crippen LogP contribution in [-0.2, 0) is 0 Å². The molecule has 0 saturated heterocycles. The number of rotatable bonds is 2. The van der Waals surface area contributed by atoms with Crippen molar-refractivity contribution in [2.24, 2.45) is 4.99 Å². The van der Waals surface area contributed by atoms with E-state index in [9.17, 15) is 0 Å². The van der Waals surface area contributed by atoms with Crippen molar-refractivity contribution >= 4 is 53.7 Å². The minimum absolute atomic E-state index is 0.753. The molecule has 0 heterocycles. The van der Waals surface area contributed by atoms with E-state index in [0.717, 1.165) is 21.5 Å². The Morgan fingerprint density at radius 1 is 0.667 bits per heavy atom. The maximum atomic E-state index is 4.74. The van der Waals surface area contributed by atoms with Crippen molar-refractivity contribution in [2.75, 3.05) is 5.32 Å². The number of nitrogens with zero attached hydrogens (tertiary/aromatic N) is 1. The molecule has 0 bridgehead atoms. The summed E-state index contributed by atoms with van der Waals surface area (Å²) in [4.78, 5) is 4.74. The van der Waals surface area contributed by atoms with Gasteiger partial charge in [-0.05, 0) is 0 Å². The van der Waals surface area contributed by atoms with Gasteiger partial charge in [-0.3, -0.25) is 0 Å². The molecule has 0 aromatic heterocycles. The van der Waals surface area contributed by atoms with Crippen LogP contribution in [0.25, 0.3) is 21.5 Å². The first-order valence-electron chi connectivity index (χ1n) is 7.79. The maximum absolute atomic E-state index is 4.74. The second-order valence-electron chi connectivity index (χ2n) is 5.57. The fourth-order valence-corrected chi connectivity index (χ4v) is 3.33. The van der Waals surface area contributed by atoms with Crippen LogP contribution in [0.15, 0.2) is 89.9 Å². The topological polar surface area (TPSA) is 24.4 Å². The fourth-order valence-electron chi connectivity index (χ4n) is 2.89. The Hall–Kier alpha value is -2.61. The van der Waals surface area contributed by atoms with Crippen LogP contribution in [-0.4, -0.2) is 20.7 Å². The second kappa shape index (κ2) is 6.48. The van der Waals surface area contributed by atoms with Gasteiger partial charge in [-0.25, -0.2) is 0 Å². The Labute approximate surface area is 149 Å². The molecule has 0 fully saturated rings. The Kier molecular flexibility index (Phi) is 4.04. The molecule has 0 spiro atoms. The molecule has 0 unspecified atom stereocenters. The molecule has 1 N–H and O–H groups in total. The van der Waals surface area contributed by atoms with Crippen LogP contribution in [0.3, 0.4) is 0 Å². The Morgan fingerprint density at radius 2 is 1.25 bits per heavy atom. The van der Waals surface area contributed by atoms with Gasteiger partial charge >= 0.3 is 149 Å². The van der Waals surface area contributed by atoms with Crippen LogP contribution in [0.1, 0.15) is 0 Å². The van der Waals surface area contributed by atoms with E-state index in [1.165, 1.54) is 16.2 Å². The molecule has 0 aliphatic heterocycles. The summed E-state index contributed by atoms with van der Waals surface area (Å²) >= 11 is 3.04. The van der Waals surface area contributed by atoms with Gasteiger partial charge in [0.2, 0.25) is 0 Å². The van der Waals surface area contributed by atoms with Gasteiger partial charge in [-0.15, -0.1) is 0 Å². The molecule has 24 heavy (non-hydrogen) atoms. The number of amidine groups is 1. The van der Waals surface area contributed by atoms with E-state index in [2.05, 4.69) is 82.0 Å². The van der Waals surface area contributed by atoms with Crippen molar-refractivity contribution in [1.82, 2.24) is 0 Å². The molecular weight excluding hydrogens is 359 g/mol. The molecule has 4 aromatic carbocycles. The normalized spacial score (nSPS) is 11.8. The molecule has 1 radical (unpaired) electrons. The molecule has 115 valence electrons. The Morgan fingerprint density at radius 3 is 2.04 bits per heavy atom. The van der Waals surface area contributed by atoms with Gasteiger partial charge in [0.1, 0.15) is 0 Å². The van der Waals surface area contributed by atoms with Crippen LogP contribution in [0.2, 0.25) is 0 Å². The molecule has 0 aliphatic carbocycles. The summed E-state index contributed by atoms with van der Waals surface area (Å²) in [5.41, 5.74) is 2.00. The zero-order valence-corrected chi connectivity index (χ0v) is 14.7. The monoisotopic (exact) mass is 375 g/mol. The van der Waals surface area contributed by atoms with E-state index in [0.29, 0.717) is 0 Å². The third-order valence-corrected chi connectivity index (χ3v) is 4.43. The molecular formula is C21H15N2Se. The predicted octanol–water partition coefficient (Wildman–Crippen LogP) is 5.26. The third-order valence-electron chi connectivity index (χ3n) is 4.02. The number of hydrogen-bond donors (Lipinski definition) is 1. The van der Waals surface area contributed by atoms with Gasteiger partial charge < -0.3 is 0 Å². The van der Waals surface area contributed by atoms with E-state index in [-0.39, 0.29) is 0 Å². The number of fused-ring (bicyclic) bond motifs is 2. The molecule has 4 rings (SSSR count). The third kappa shape index (κ3) is 2.92. The molecule has 3 heteroatoms. The van der Waals surface area contributed by atoms with Crippen molar-refractivity contribution < 1.29 is 0 Å². The van der Waals surface area contributed by atoms with Crippen LogP contribution < -0.4 is 5.32 Å². The molecule has 0 amide bonds.